The van der Waals surface area contributed by atoms with Gasteiger partial charge in [-0.05, 0) is 41.1 Å². The van der Waals surface area contributed by atoms with E-state index in [1.165, 1.54) is 0 Å². The number of ether oxygens (including phenoxy) is 2. The monoisotopic (exact) mass is 374 g/mol. The van der Waals surface area contributed by atoms with Gasteiger partial charge < -0.3 is 14.4 Å². The van der Waals surface area contributed by atoms with Gasteiger partial charge in [-0.1, -0.05) is 0 Å². The van der Waals surface area contributed by atoms with Gasteiger partial charge in [-0.25, -0.2) is 4.98 Å². The summed E-state index contributed by atoms with van der Waals surface area (Å²) in [5.41, 5.74) is 0.530. The van der Waals surface area contributed by atoms with Crippen LogP contribution in [0.25, 0.3) is 0 Å². The van der Waals surface area contributed by atoms with Crippen molar-refractivity contribution in [3.8, 4) is 17.7 Å². The highest BCUT2D eigenvalue weighted by atomic mass is 79.9. The second-order valence-electron chi connectivity index (χ2n) is 5.07. The highest BCUT2D eigenvalue weighted by Crippen LogP contribution is 2.31. The normalized spacial score (nSPS) is 14.4. The number of anilines is 1. The van der Waals surface area contributed by atoms with Gasteiger partial charge in [0.05, 0.1) is 29.3 Å². The number of nitrogens with zero attached hydrogens (tertiary/aromatic N) is 4. The first-order valence-corrected chi connectivity index (χ1v) is 8.01. The van der Waals surface area contributed by atoms with Gasteiger partial charge in [-0.15, -0.1) is 0 Å². The Hall–Kier alpha value is -2.17. The van der Waals surface area contributed by atoms with Crippen LogP contribution in [0.3, 0.4) is 0 Å². The molecule has 1 aliphatic heterocycles. The molecule has 1 aromatic carbocycles. The fourth-order valence-electron chi connectivity index (χ4n) is 2.30. The predicted molar refractivity (Wildman–Crippen MR) is 88.7 cm³/mol. The maximum Gasteiger partial charge on any atom is 0.224 e. The Bertz CT molecular complexity index is 754. The van der Waals surface area contributed by atoms with E-state index in [2.05, 4.69) is 36.9 Å². The van der Waals surface area contributed by atoms with E-state index < -0.39 is 0 Å². The molecule has 3 rings (SSSR count). The Balaban J connectivity index is 1.88. The first-order chi connectivity index (χ1) is 11.2. The molecule has 1 aliphatic rings. The number of aryl methyl sites for hydroxylation is 1. The van der Waals surface area contributed by atoms with E-state index in [0.717, 1.165) is 23.4 Å². The van der Waals surface area contributed by atoms with Crippen molar-refractivity contribution in [3.05, 3.63) is 40.1 Å². The molecule has 2 aromatic rings. The zero-order valence-electron chi connectivity index (χ0n) is 12.6. The average molecular weight is 375 g/mol. The molecule has 6 nitrogen and oxygen atoms in total. The lowest BCUT2D eigenvalue weighted by molar-refractivity contribution is 0.122. The second-order valence-corrected chi connectivity index (χ2v) is 5.92. The summed E-state index contributed by atoms with van der Waals surface area (Å²) in [6, 6.07) is 9.09. The van der Waals surface area contributed by atoms with E-state index in [1.54, 1.807) is 18.2 Å². The molecule has 1 aromatic heterocycles. The van der Waals surface area contributed by atoms with Crippen LogP contribution in [-0.2, 0) is 4.74 Å². The molecule has 2 heterocycles. The SMILES string of the molecule is Cc1nc(Oc2cc(C#N)ccc2Br)cc(N2CCOCC2)n1. The minimum atomic E-state index is 0.454. The summed E-state index contributed by atoms with van der Waals surface area (Å²) in [5, 5.41) is 9.01. The topological polar surface area (TPSA) is 71.3 Å². The molecular weight excluding hydrogens is 360 g/mol. The minimum absolute atomic E-state index is 0.454. The van der Waals surface area contributed by atoms with Crippen molar-refractivity contribution in [1.82, 2.24) is 9.97 Å². The van der Waals surface area contributed by atoms with Gasteiger partial charge in [-0.3, -0.25) is 0 Å². The van der Waals surface area contributed by atoms with Crippen molar-refractivity contribution < 1.29 is 9.47 Å². The Kier molecular flexibility index (Phi) is 4.74. The number of morpholine rings is 1. The molecule has 7 heteroatoms. The summed E-state index contributed by atoms with van der Waals surface area (Å²) < 4.78 is 12.0. The Morgan fingerprint density at radius 2 is 2.04 bits per heavy atom. The van der Waals surface area contributed by atoms with Crippen molar-refractivity contribution in [2.45, 2.75) is 6.92 Å². The first kappa shape index (κ1) is 15.7. The molecule has 1 saturated heterocycles. The fourth-order valence-corrected chi connectivity index (χ4v) is 2.62. The zero-order valence-corrected chi connectivity index (χ0v) is 14.2. The largest absolute Gasteiger partial charge is 0.438 e. The highest BCUT2D eigenvalue weighted by molar-refractivity contribution is 9.10. The van der Waals surface area contributed by atoms with Crippen LogP contribution in [0.2, 0.25) is 0 Å². The number of nitriles is 1. The van der Waals surface area contributed by atoms with Crippen molar-refractivity contribution in [3.63, 3.8) is 0 Å². The summed E-state index contributed by atoms with van der Waals surface area (Å²) >= 11 is 3.43. The molecule has 1 fully saturated rings. The molecule has 0 radical (unpaired) electrons. The van der Waals surface area contributed by atoms with Crippen molar-refractivity contribution in [2.24, 2.45) is 0 Å². The van der Waals surface area contributed by atoms with E-state index in [0.29, 0.717) is 36.2 Å². The Morgan fingerprint density at radius 1 is 1.26 bits per heavy atom. The molecule has 0 amide bonds. The standard InChI is InChI=1S/C16H15BrN4O2/c1-11-19-15(21-4-6-22-7-5-21)9-16(20-11)23-14-8-12(10-18)2-3-13(14)17/h2-3,8-9H,4-7H2,1H3. The van der Waals surface area contributed by atoms with Crippen LogP contribution < -0.4 is 9.64 Å². The molecule has 23 heavy (non-hydrogen) atoms. The quantitative estimate of drug-likeness (QED) is 0.821. The summed E-state index contributed by atoms with van der Waals surface area (Å²) in [7, 11) is 0. The number of aromatic nitrogens is 2. The van der Waals surface area contributed by atoms with E-state index in [4.69, 9.17) is 14.7 Å². The van der Waals surface area contributed by atoms with Crippen LogP contribution in [0.15, 0.2) is 28.7 Å². The van der Waals surface area contributed by atoms with Crippen LogP contribution in [0.4, 0.5) is 5.82 Å². The average Bonchev–Trinajstić information content (AvgIpc) is 2.57. The molecule has 0 spiro atoms. The third-order valence-corrected chi connectivity index (χ3v) is 4.07. The maximum absolute atomic E-state index is 9.01. The van der Waals surface area contributed by atoms with Crippen molar-refractivity contribution in [2.75, 3.05) is 31.2 Å². The second kappa shape index (κ2) is 6.94. The number of rotatable bonds is 3. The number of hydrogen-bond donors (Lipinski definition) is 0. The van der Waals surface area contributed by atoms with Gasteiger partial charge in [0.1, 0.15) is 17.4 Å². The molecule has 0 atom stereocenters. The maximum atomic E-state index is 9.01. The predicted octanol–water partition coefficient (Wildman–Crippen LogP) is 3.05. The minimum Gasteiger partial charge on any atom is -0.438 e. The van der Waals surface area contributed by atoms with Crippen LogP contribution in [0.5, 0.6) is 11.6 Å². The lowest BCUT2D eigenvalue weighted by Gasteiger charge is -2.28. The smallest absolute Gasteiger partial charge is 0.224 e. The molecular formula is C16H15BrN4O2. The van der Waals surface area contributed by atoms with Gasteiger partial charge >= 0.3 is 0 Å². The van der Waals surface area contributed by atoms with Crippen LogP contribution in [-0.4, -0.2) is 36.3 Å². The molecule has 0 aliphatic carbocycles. The zero-order chi connectivity index (χ0) is 16.2. The van der Waals surface area contributed by atoms with Crippen molar-refractivity contribution in [1.29, 1.82) is 5.26 Å². The van der Waals surface area contributed by atoms with Gasteiger partial charge in [0.25, 0.3) is 0 Å². The van der Waals surface area contributed by atoms with Gasteiger partial charge in [0.2, 0.25) is 5.88 Å². The van der Waals surface area contributed by atoms with E-state index in [1.807, 2.05) is 13.0 Å². The number of halogens is 1. The van der Waals surface area contributed by atoms with Crippen LogP contribution >= 0.6 is 15.9 Å². The van der Waals surface area contributed by atoms with E-state index in [9.17, 15) is 0 Å². The van der Waals surface area contributed by atoms with Crippen LogP contribution in [0, 0.1) is 18.3 Å². The first-order valence-electron chi connectivity index (χ1n) is 7.21. The van der Waals surface area contributed by atoms with Gasteiger partial charge in [0, 0.05) is 19.2 Å². The van der Waals surface area contributed by atoms with E-state index >= 15 is 0 Å². The lowest BCUT2D eigenvalue weighted by Crippen LogP contribution is -2.36. The van der Waals surface area contributed by atoms with Gasteiger partial charge in [0.15, 0.2) is 0 Å². The highest BCUT2D eigenvalue weighted by Gasteiger charge is 2.15. The molecule has 0 N–H and O–H groups in total. The summed E-state index contributed by atoms with van der Waals surface area (Å²) in [4.78, 5) is 10.9. The lowest BCUT2D eigenvalue weighted by atomic mass is 10.2. The summed E-state index contributed by atoms with van der Waals surface area (Å²) in [6.45, 7) is 4.80. The Labute approximate surface area is 142 Å². The molecule has 118 valence electrons. The number of hydrogen-bond acceptors (Lipinski definition) is 6. The molecule has 0 unspecified atom stereocenters. The number of benzene rings is 1. The van der Waals surface area contributed by atoms with E-state index in [-0.39, 0.29) is 0 Å². The summed E-state index contributed by atoms with van der Waals surface area (Å²) in [5.74, 6) is 2.46. The third-order valence-electron chi connectivity index (χ3n) is 3.41. The van der Waals surface area contributed by atoms with Crippen molar-refractivity contribution >= 4 is 21.7 Å². The third kappa shape index (κ3) is 3.78. The Morgan fingerprint density at radius 3 is 2.78 bits per heavy atom. The summed E-state index contributed by atoms with van der Waals surface area (Å²) in [6.07, 6.45) is 0. The fraction of sp³-hybridized carbons (Fsp3) is 0.312. The van der Waals surface area contributed by atoms with Crippen LogP contribution in [0.1, 0.15) is 11.4 Å². The van der Waals surface area contributed by atoms with Gasteiger partial charge in [-0.2, -0.15) is 10.2 Å². The molecule has 0 saturated carbocycles. The molecule has 0 bridgehead atoms.